The van der Waals surface area contributed by atoms with E-state index in [9.17, 15) is 4.57 Å². The lowest BCUT2D eigenvalue weighted by molar-refractivity contribution is 0.0104. The van der Waals surface area contributed by atoms with E-state index in [2.05, 4.69) is 25.3 Å². The van der Waals surface area contributed by atoms with Gasteiger partial charge in [0.05, 0.1) is 33.0 Å². The van der Waals surface area contributed by atoms with Crippen LogP contribution in [0.4, 0.5) is 0 Å². The molecule has 0 unspecified atom stereocenters. The standard InChI is InChI=1S/C9H21O6P/c1-9(2,3)8-14-5-4-13-6-7-15-16(10,11)12/h4-8H2,1-3H3,(H2,10,11,12). The second-order valence-corrected chi connectivity index (χ2v) is 5.79. The summed E-state index contributed by atoms with van der Waals surface area (Å²) in [7, 11) is -4.36. The summed E-state index contributed by atoms with van der Waals surface area (Å²) in [6, 6.07) is 0. The van der Waals surface area contributed by atoms with E-state index in [-0.39, 0.29) is 18.6 Å². The number of phosphoric acid groups is 1. The van der Waals surface area contributed by atoms with Gasteiger partial charge in [-0.25, -0.2) is 4.57 Å². The summed E-state index contributed by atoms with van der Waals surface area (Å²) in [6.07, 6.45) is 0. The first kappa shape index (κ1) is 16.0. The van der Waals surface area contributed by atoms with Crippen molar-refractivity contribution in [3.8, 4) is 0 Å². The van der Waals surface area contributed by atoms with E-state index in [0.29, 0.717) is 19.8 Å². The van der Waals surface area contributed by atoms with Gasteiger partial charge in [0.2, 0.25) is 0 Å². The highest BCUT2D eigenvalue weighted by atomic mass is 31.2. The fourth-order valence-corrected chi connectivity index (χ4v) is 1.13. The molecule has 0 saturated carbocycles. The zero-order valence-corrected chi connectivity index (χ0v) is 10.9. The Kier molecular flexibility index (Phi) is 7.39. The molecule has 0 spiro atoms. The summed E-state index contributed by atoms with van der Waals surface area (Å²) >= 11 is 0. The summed E-state index contributed by atoms with van der Waals surface area (Å²) in [6.45, 7) is 7.74. The Labute approximate surface area is 96.1 Å². The van der Waals surface area contributed by atoms with E-state index >= 15 is 0 Å². The van der Waals surface area contributed by atoms with Crippen LogP contribution in [0, 0.1) is 5.41 Å². The fourth-order valence-electron chi connectivity index (χ4n) is 0.813. The number of ether oxygens (including phenoxy) is 2. The summed E-state index contributed by atoms with van der Waals surface area (Å²) in [5.41, 5.74) is 0.129. The highest BCUT2D eigenvalue weighted by molar-refractivity contribution is 7.46. The highest BCUT2D eigenvalue weighted by Crippen LogP contribution is 2.35. The van der Waals surface area contributed by atoms with Crippen molar-refractivity contribution < 1.29 is 28.3 Å². The number of phosphoric ester groups is 1. The summed E-state index contributed by atoms with van der Waals surface area (Å²) in [5, 5.41) is 0. The molecular formula is C9H21O6P. The van der Waals surface area contributed by atoms with Crippen molar-refractivity contribution >= 4 is 7.82 Å². The van der Waals surface area contributed by atoms with Crippen molar-refractivity contribution in [2.45, 2.75) is 20.8 Å². The van der Waals surface area contributed by atoms with Crippen LogP contribution in [0.25, 0.3) is 0 Å². The van der Waals surface area contributed by atoms with Gasteiger partial charge in [-0.05, 0) is 5.41 Å². The molecule has 0 aliphatic heterocycles. The van der Waals surface area contributed by atoms with Crippen molar-refractivity contribution in [2.24, 2.45) is 5.41 Å². The second-order valence-electron chi connectivity index (χ2n) is 4.55. The maximum atomic E-state index is 10.3. The van der Waals surface area contributed by atoms with Crippen LogP contribution in [0.1, 0.15) is 20.8 Å². The Hall–Kier alpha value is 0.0300. The number of hydrogen-bond donors (Lipinski definition) is 2. The molecule has 0 aliphatic rings. The Morgan fingerprint density at radius 1 is 1.00 bits per heavy atom. The molecule has 0 aromatic heterocycles. The smallest absolute Gasteiger partial charge is 0.379 e. The van der Waals surface area contributed by atoms with Gasteiger partial charge < -0.3 is 19.3 Å². The topological polar surface area (TPSA) is 85.2 Å². The van der Waals surface area contributed by atoms with Crippen molar-refractivity contribution in [3.05, 3.63) is 0 Å². The van der Waals surface area contributed by atoms with Gasteiger partial charge in [-0.15, -0.1) is 0 Å². The molecule has 6 nitrogen and oxygen atoms in total. The van der Waals surface area contributed by atoms with Crippen LogP contribution in [-0.4, -0.2) is 42.8 Å². The van der Waals surface area contributed by atoms with Crippen LogP contribution in [-0.2, 0) is 18.6 Å². The first-order chi connectivity index (χ1) is 7.21. The van der Waals surface area contributed by atoms with Gasteiger partial charge in [0, 0.05) is 0 Å². The molecule has 98 valence electrons. The van der Waals surface area contributed by atoms with Gasteiger partial charge in [0.25, 0.3) is 0 Å². The molecule has 0 fully saturated rings. The third-order valence-electron chi connectivity index (χ3n) is 1.39. The van der Waals surface area contributed by atoms with Gasteiger partial charge in [-0.2, -0.15) is 0 Å². The largest absolute Gasteiger partial charge is 0.469 e. The van der Waals surface area contributed by atoms with Crippen molar-refractivity contribution in [1.82, 2.24) is 0 Å². The van der Waals surface area contributed by atoms with Gasteiger partial charge in [-0.3, -0.25) is 4.52 Å². The van der Waals surface area contributed by atoms with E-state index in [1.807, 2.05) is 0 Å². The van der Waals surface area contributed by atoms with Crippen LogP contribution in [0.15, 0.2) is 0 Å². The quantitative estimate of drug-likeness (QED) is 0.501. The summed E-state index contributed by atoms with van der Waals surface area (Å²) in [5.74, 6) is 0. The maximum absolute atomic E-state index is 10.3. The minimum absolute atomic E-state index is 0.121. The van der Waals surface area contributed by atoms with E-state index in [1.165, 1.54) is 0 Å². The van der Waals surface area contributed by atoms with Crippen LogP contribution in [0.2, 0.25) is 0 Å². The zero-order chi connectivity index (χ0) is 12.7. The predicted molar refractivity (Wildman–Crippen MR) is 59.1 cm³/mol. The van der Waals surface area contributed by atoms with Crippen molar-refractivity contribution in [2.75, 3.05) is 33.0 Å². The van der Waals surface area contributed by atoms with Crippen LogP contribution in [0.3, 0.4) is 0 Å². The molecule has 16 heavy (non-hydrogen) atoms. The lowest BCUT2D eigenvalue weighted by atomic mass is 9.99. The van der Waals surface area contributed by atoms with Crippen LogP contribution >= 0.6 is 7.82 Å². The molecular weight excluding hydrogens is 235 g/mol. The molecule has 0 bridgehead atoms. The minimum atomic E-state index is -4.36. The van der Waals surface area contributed by atoms with Gasteiger partial charge in [0.1, 0.15) is 0 Å². The Balaban J connectivity index is 3.20. The van der Waals surface area contributed by atoms with E-state index in [1.54, 1.807) is 0 Å². The number of rotatable bonds is 8. The van der Waals surface area contributed by atoms with E-state index < -0.39 is 7.82 Å². The maximum Gasteiger partial charge on any atom is 0.469 e. The Morgan fingerprint density at radius 2 is 1.50 bits per heavy atom. The summed E-state index contributed by atoms with van der Waals surface area (Å²) < 4.78 is 24.8. The third kappa shape index (κ3) is 14.0. The average Bonchev–Trinajstić information content (AvgIpc) is 2.06. The first-order valence-corrected chi connectivity index (χ1v) is 6.59. The molecule has 0 radical (unpaired) electrons. The molecule has 0 aromatic carbocycles. The molecule has 0 heterocycles. The first-order valence-electron chi connectivity index (χ1n) is 5.06. The van der Waals surface area contributed by atoms with Crippen LogP contribution in [0.5, 0.6) is 0 Å². The Bertz CT molecular complexity index is 219. The molecule has 0 saturated heterocycles. The monoisotopic (exact) mass is 256 g/mol. The predicted octanol–water partition coefficient (Wildman–Crippen LogP) is 1.17. The number of hydrogen-bond acceptors (Lipinski definition) is 4. The van der Waals surface area contributed by atoms with E-state index in [4.69, 9.17) is 19.3 Å². The van der Waals surface area contributed by atoms with Crippen molar-refractivity contribution in [1.29, 1.82) is 0 Å². The molecule has 0 amide bonds. The third-order valence-corrected chi connectivity index (χ3v) is 1.91. The fraction of sp³-hybridized carbons (Fsp3) is 1.00. The molecule has 0 atom stereocenters. The molecule has 2 N–H and O–H groups in total. The normalized spacial score (nSPS) is 13.1. The van der Waals surface area contributed by atoms with E-state index in [0.717, 1.165) is 0 Å². The second kappa shape index (κ2) is 7.37. The highest BCUT2D eigenvalue weighted by Gasteiger charge is 2.12. The van der Waals surface area contributed by atoms with Crippen LogP contribution < -0.4 is 0 Å². The lowest BCUT2D eigenvalue weighted by Gasteiger charge is -2.17. The molecule has 7 heteroatoms. The van der Waals surface area contributed by atoms with Gasteiger partial charge in [0.15, 0.2) is 0 Å². The zero-order valence-electron chi connectivity index (χ0n) is 10.0. The summed E-state index contributed by atoms with van der Waals surface area (Å²) in [4.78, 5) is 16.7. The average molecular weight is 256 g/mol. The van der Waals surface area contributed by atoms with Gasteiger partial charge in [-0.1, -0.05) is 20.8 Å². The van der Waals surface area contributed by atoms with Gasteiger partial charge >= 0.3 is 7.82 Å². The molecule has 0 aromatic rings. The minimum Gasteiger partial charge on any atom is -0.379 e. The lowest BCUT2D eigenvalue weighted by Crippen LogP contribution is -2.17. The van der Waals surface area contributed by atoms with Crippen molar-refractivity contribution in [3.63, 3.8) is 0 Å². The Morgan fingerprint density at radius 3 is 2.00 bits per heavy atom. The molecule has 0 rings (SSSR count). The molecule has 0 aliphatic carbocycles. The SMILES string of the molecule is CC(C)(C)COCCOCCOP(=O)(O)O.